The Balaban J connectivity index is 1.47. The zero-order chi connectivity index (χ0) is 25.3. The van der Waals surface area contributed by atoms with Crippen LogP contribution >= 0.6 is 0 Å². The predicted octanol–water partition coefficient (Wildman–Crippen LogP) is 4.13. The number of benzene rings is 2. The summed E-state index contributed by atoms with van der Waals surface area (Å²) in [5, 5.41) is 15.4. The number of carbonyl (C=O) groups excluding carboxylic acids is 2. The molecule has 2 aliphatic heterocycles. The first-order valence-corrected chi connectivity index (χ1v) is 12.4. The lowest BCUT2D eigenvalue weighted by Gasteiger charge is -2.51. The van der Waals surface area contributed by atoms with Crippen molar-refractivity contribution in [2.45, 2.75) is 51.3 Å². The third-order valence-corrected chi connectivity index (χ3v) is 7.39. The second-order valence-corrected chi connectivity index (χ2v) is 9.84. The number of aromatic nitrogens is 1. The third kappa shape index (κ3) is 4.53. The molecule has 3 atom stereocenters. The number of likely N-dealkylation sites (tertiary alicyclic amines) is 2. The average Bonchev–Trinajstić information content (AvgIpc) is 3.37. The molecule has 188 valence electrons. The SMILES string of the molecule is CCc1cc(C(=O)N2CCC[C@]3(C[C@@H](O)[C@H](c4ccccc4)N(Cc4cccc(F)c4)C3=O)C2)on1. The van der Waals surface area contributed by atoms with Gasteiger partial charge in [-0.3, -0.25) is 9.59 Å². The lowest BCUT2D eigenvalue weighted by atomic mass is 9.69. The average molecular weight is 492 g/mol. The normalized spacial score (nSPS) is 24.4. The van der Waals surface area contributed by atoms with E-state index in [0.717, 1.165) is 5.56 Å². The van der Waals surface area contributed by atoms with Gasteiger partial charge in [0.1, 0.15) is 5.82 Å². The second kappa shape index (κ2) is 9.85. The van der Waals surface area contributed by atoms with E-state index in [2.05, 4.69) is 5.16 Å². The molecular formula is C28H30FN3O4. The molecular weight excluding hydrogens is 461 g/mol. The van der Waals surface area contributed by atoms with Crippen molar-refractivity contribution in [2.75, 3.05) is 13.1 Å². The van der Waals surface area contributed by atoms with Gasteiger partial charge >= 0.3 is 0 Å². The van der Waals surface area contributed by atoms with E-state index < -0.39 is 17.6 Å². The van der Waals surface area contributed by atoms with Gasteiger partial charge in [0, 0.05) is 25.7 Å². The van der Waals surface area contributed by atoms with Crippen LogP contribution in [0.2, 0.25) is 0 Å². The molecule has 1 N–H and O–H groups in total. The second-order valence-electron chi connectivity index (χ2n) is 9.84. The highest BCUT2D eigenvalue weighted by Crippen LogP contribution is 2.46. The molecule has 2 amide bonds. The first-order chi connectivity index (χ1) is 17.4. The monoisotopic (exact) mass is 491 g/mol. The maximum absolute atomic E-state index is 14.2. The molecule has 2 saturated heterocycles. The molecule has 0 saturated carbocycles. The number of piperidine rings is 2. The van der Waals surface area contributed by atoms with Gasteiger partial charge in [-0.2, -0.15) is 0 Å². The van der Waals surface area contributed by atoms with Crippen molar-refractivity contribution >= 4 is 11.8 Å². The number of nitrogens with zero attached hydrogens (tertiary/aromatic N) is 3. The van der Waals surface area contributed by atoms with Crippen molar-refractivity contribution in [3.8, 4) is 0 Å². The molecule has 36 heavy (non-hydrogen) atoms. The van der Waals surface area contributed by atoms with E-state index in [0.29, 0.717) is 37.1 Å². The topological polar surface area (TPSA) is 86.9 Å². The summed E-state index contributed by atoms with van der Waals surface area (Å²) in [6.07, 6.45) is 1.24. The van der Waals surface area contributed by atoms with Crippen LogP contribution in [0, 0.1) is 11.2 Å². The Morgan fingerprint density at radius 1 is 1.19 bits per heavy atom. The quantitative estimate of drug-likeness (QED) is 0.580. The highest BCUT2D eigenvalue weighted by molar-refractivity contribution is 5.93. The molecule has 2 aliphatic rings. The number of rotatable bonds is 5. The van der Waals surface area contributed by atoms with Crippen LogP contribution in [-0.4, -0.2) is 51.1 Å². The summed E-state index contributed by atoms with van der Waals surface area (Å²) < 4.78 is 19.2. The van der Waals surface area contributed by atoms with Gasteiger partial charge in [-0.15, -0.1) is 0 Å². The number of carbonyl (C=O) groups is 2. The Hall–Kier alpha value is -3.52. The van der Waals surface area contributed by atoms with Crippen molar-refractivity contribution in [1.82, 2.24) is 15.0 Å². The maximum Gasteiger partial charge on any atom is 0.292 e. The van der Waals surface area contributed by atoms with Crippen molar-refractivity contribution in [2.24, 2.45) is 5.41 Å². The number of hydrogen-bond acceptors (Lipinski definition) is 5. The molecule has 2 fully saturated rings. The van der Waals surface area contributed by atoms with Crippen molar-refractivity contribution < 1.29 is 23.6 Å². The first-order valence-electron chi connectivity index (χ1n) is 12.4. The Morgan fingerprint density at radius 2 is 2.00 bits per heavy atom. The minimum absolute atomic E-state index is 0.129. The van der Waals surface area contributed by atoms with Crippen molar-refractivity contribution in [3.63, 3.8) is 0 Å². The number of halogens is 1. The van der Waals surface area contributed by atoms with Gasteiger partial charge < -0.3 is 19.4 Å². The van der Waals surface area contributed by atoms with Gasteiger partial charge in [-0.1, -0.05) is 54.5 Å². The Morgan fingerprint density at radius 3 is 2.72 bits per heavy atom. The summed E-state index contributed by atoms with van der Waals surface area (Å²) in [6, 6.07) is 16.7. The minimum Gasteiger partial charge on any atom is -0.391 e. The zero-order valence-electron chi connectivity index (χ0n) is 20.3. The Labute approximate surface area is 209 Å². The van der Waals surface area contributed by atoms with Gasteiger partial charge in [0.05, 0.1) is 23.3 Å². The van der Waals surface area contributed by atoms with Gasteiger partial charge in [-0.25, -0.2) is 4.39 Å². The van der Waals surface area contributed by atoms with E-state index in [1.54, 1.807) is 28.0 Å². The first kappa shape index (κ1) is 24.2. The molecule has 1 aromatic heterocycles. The predicted molar refractivity (Wildman–Crippen MR) is 130 cm³/mol. The molecule has 3 heterocycles. The molecule has 7 nitrogen and oxygen atoms in total. The highest BCUT2D eigenvalue weighted by atomic mass is 19.1. The smallest absolute Gasteiger partial charge is 0.292 e. The van der Waals surface area contributed by atoms with E-state index in [1.165, 1.54) is 12.1 Å². The standard InChI is InChI=1S/C28H30FN3O4/c1-2-22-15-24(36-30-22)26(34)31-13-7-12-28(18-31)16-23(33)25(20-9-4-3-5-10-20)32(27(28)35)17-19-8-6-11-21(29)14-19/h3-6,8-11,14-15,23,25,33H,2,7,12-13,16-18H2,1H3/t23-,25+,28+/m1/s1. The van der Waals surface area contributed by atoms with E-state index in [9.17, 15) is 19.1 Å². The zero-order valence-corrected chi connectivity index (χ0v) is 20.3. The van der Waals surface area contributed by atoms with Crippen LogP contribution in [0.5, 0.6) is 0 Å². The van der Waals surface area contributed by atoms with Crippen LogP contribution in [0.25, 0.3) is 0 Å². The third-order valence-electron chi connectivity index (χ3n) is 7.39. The molecule has 2 aromatic carbocycles. The fourth-order valence-corrected chi connectivity index (χ4v) is 5.67. The number of aliphatic hydroxyl groups excluding tert-OH is 1. The van der Waals surface area contributed by atoms with E-state index >= 15 is 0 Å². The van der Waals surface area contributed by atoms with E-state index in [-0.39, 0.29) is 42.9 Å². The van der Waals surface area contributed by atoms with Crippen LogP contribution in [-0.2, 0) is 17.8 Å². The largest absolute Gasteiger partial charge is 0.391 e. The number of amides is 2. The van der Waals surface area contributed by atoms with Crippen molar-refractivity contribution in [3.05, 3.63) is 89.1 Å². The summed E-state index contributed by atoms with van der Waals surface area (Å²) in [5.74, 6) is -0.649. The lowest BCUT2D eigenvalue weighted by molar-refractivity contribution is -0.165. The molecule has 0 aliphatic carbocycles. The molecule has 8 heteroatoms. The van der Waals surface area contributed by atoms with Crippen molar-refractivity contribution in [1.29, 1.82) is 0 Å². The summed E-state index contributed by atoms with van der Waals surface area (Å²) >= 11 is 0. The molecule has 0 radical (unpaired) electrons. The lowest BCUT2D eigenvalue weighted by Crippen LogP contribution is -2.61. The number of hydrogen-bond donors (Lipinski definition) is 1. The number of aryl methyl sites for hydroxylation is 1. The van der Waals surface area contributed by atoms with Crippen LogP contribution in [0.3, 0.4) is 0 Å². The Bertz CT molecular complexity index is 1250. The fourth-order valence-electron chi connectivity index (χ4n) is 5.67. The minimum atomic E-state index is -0.931. The van der Waals surface area contributed by atoms with Crippen LogP contribution in [0.1, 0.15) is 59.6 Å². The molecule has 1 spiro atoms. The van der Waals surface area contributed by atoms with Crippen LogP contribution < -0.4 is 0 Å². The van der Waals surface area contributed by atoms with Gasteiger partial charge in [0.15, 0.2) is 0 Å². The molecule has 3 aromatic rings. The highest BCUT2D eigenvalue weighted by Gasteiger charge is 2.53. The summed E-state index contributed by atoms with van der Waals surface area (Å²) in [4.78, 5) is 30.7. The summed E-state index contributed by atoms with van der Waals surface area (Å²) in [6.45, 7) is 2.77. The molecule has 0 unspecified atom stereocenters. The summed E-state index contributed by atoms with van der Waals surface area (Å²) in [7, 11) is 0. The summed E-state index contributed by atoms with van der Waals surface area (Å²) in [5.41, 5.74) is 1.23. The van der Waals surface area contributed by atoms with Gasteiger partial charge in [-0.05, 0) is 48.9 Å². The van der Waals surface area contributed by atoms with Gasteiger partial charge in [0.2, 0.25) is 11.7 Å². The van der Waals surface area contributed by atoms with E-state index in [4.69, 9.17) is 4.52 Å². The maximum atomic E-state index is 14.2. The van der Waals surface area contributed by atoms with Crippen LogP contribution in [0.4, 0.5) is 4.39 Å². The van der Waals surface area contributed by atoms with Gasteiger partial charge in [0.25, 0.3) is 5.91 Å². The molecule has 5 rings (SSSR count). The fraction of sp³-hybridized carbons (Fsp3) is 0.393. The molecule has 0 bridgehead atoms. The Kier molecular flexibility index (Phi) is 6.62. The number of aliphatic hydroxyl groups is 1. The van der Waals surface area contributed by atoms with Crippen LogP contribution in [0.15, 0.2) is 65.2 Å². The van der Waals surface area contributed by atoms with E-state index in [1.807, 2.05) is 37.3 Å².